The van der Waals surface area contributed by atoms with E-state index in [4.69, 9.17) is 16.3 Å². The minimum Gasteiger partial charge on any atom is -0.379 e. The number of rotatable bonds is 4. The van der Waals surface area contributed by atoms with E-state index in [1.807, 2.05) is 18.2 Å². The van der Waals surface area contributed by atoms with Gasteiger partial charge in [0.2, 0.25) is 5.28 Å². The average Bonchev–Trinajstić information content (AvgIpc) is 2.49. The molecule has 5 nitrogen and oxygen atoms in total. The molecule has 0 bridgehead atoms. The van der Waals surface area contributed by atoms with Gasteiger partial charge in [-0.3, -0.25) is 4.90 Å². The fourth-order valence-electron chi connectivity index (χ4n) is 2.36. The molecule has 112 valence electrons. The number of hydrogen-bond acceptors (Lipinski definition) is 5. The number of fused-ring (bicyclic) bond motifs is 1. The summed E-state index contributed by atoms with van der Waals surface area (Å²) in [6.45, 7) is 5.37. The second-order valence-corrected chi connectivity index (χ2v) is 6.14. The first-order valence-corrected chi connectivity index (χ1v) is 8.06. The van der Waals surface area contributed by atoms with E-state index in [1.54, 1.807) is 0 Å². The summed E-state index contributed by atoms with van der Waals surface area (Å²) in [5, 5.41) is 4.60. The Kier molecular flexibility index (Phi) is 4.90. The van der Waals surface area contributed by atoms with Gasteiger partial charge >= 0.3 is 0 Å². The van der Waals surface area contributed by atoms with Gasteiger partial charge in [-0.25, -0.2) is 9.97 Å². The lowest BCUT2D eigenvalue weighted by molar-refractivity contribution is 0.0398. The monoisotopic (exact) mass is 370 g/mol. The third kappa shape index (κ3) is 3.83. The number of halogens is 2. The van der Waals surface area contributed by atoms with E-state index in [0.29, 0.717) is 0 Å². The first kappa shape index (κ1) is 15.0. The van der Waals surface area contributed by atoms with E-state index in [0.717, 1.165) is 60.6 Å². The van der Waals surface area contributed by atoms with Crippen LogP contribution in [0.4, 0.5) is 5.82 Å². The van der Waals surface area contributed by atoms with E-state index in [1.165, 1.54) is 0 Å². The molecule has 7 heteroatoms. The van der Waals surface area contributed by atoms with Crippen LogP contribution in [-0.2, 0) is 4.74 Å². The van der Waals surface area contributed by atoms with Gasteiger partial charge in [0.05, 0.1) is 18.7 Å². The van der Waals surface area contributed by atoms with Crippen LogP contribution in [-0.4, -0.2) is 54.3 Å². The zero-order valence-electron chi connectivity index (χ0n) is 11.5. The van der Waals surface area contributed by atoms with E-state index in [9.17, 15) is 0 Å². The maximum Gasteiger partial charge on any atom is 0.224 e. The third-order valence-corrected chi connectivity index (χ3v) is 4.12. The topological polar surface area (TPSA) is 50.3 Å². The molecular formula is C14H16BrClN4O. The Morgan fingerprint density at radius 3 is 2.90 bits per heavy atom. The lowest BCUT2D eigenvalue weighted by atomic mass is 10.2. The Morgan fingerprint density at radius 2 is 2.10 bits per heavy atom. The van der Waals surface area contributed by atoms with Crippen LogP contribution in [0.2, 0.25) is 5.28 Å². The number of morpholine rings is 1. The molecule has 0 aliphatic carbocycles. The summed E-state index contributed by atoms with van der Waals surface area (Å²) in [5.74, 6) is 0.777. The van der Waals surface area contributed by atoms with Crippen LogP contribution in [0.3, 0.4) is 0 Å². The second kappa shape index (κ2) is 6.87. The van der Waals surface area contributed by atoms with E-state index >= 15 is 0 Å². The molecule has 0 atom stereocenters. The van der Waals surface area contributed by atoms with Crippen LogP contribution in [0.5, 0.6) is 0 Å². The van der Waals surface area contributed by atoms with Gasteiger partial charge in [-0.1, -0.05) is 15.9 Å². The smallest absolute Gasteiger partial charge is 0.224 e. The molecule has 3 rings (SSSR count). The van der Waals surface area contributed by atoms with Crippen molar-refractivity contribution in [2.75, 3.05) is 44.7 Å². The summed E-state index contributed by atoms with van der Waals surface area (Å²) < 4.78 is 6.34. The van der Waals surface area contributed by atoms with Crippen molar-refractivity contribution >= 4 is 44.3 Å². The molecule has 21 heavy (non-hydrogen) atoms. The molecule has 0 spiro atoms. The van der Waals surface area contributed by atoms with Crippen molar-refractivity contribution in [3.63, 3.8) is 0 Å². The number of ether oxygens (including phenoxy) is 1. The van der Waals surface area contributed by atoms with Gasteiger partial charge in [-0.15, -0.1) is 0 Å². The van der Waals surface area contributed by atoms with E-state index < -0.39 is 0 Å². The predicted octanol–water partition coefficient (Wildman–Crippen LogP) is 2.79. The standard InChI is InChI=1S/C14H16BrClN4O/c15-10-1-2-12-11(9-10)13(19-14(16)18-12)17-3-4-20-5-7-21-8-6-20/h1-2,9H,3-8H2,(H,17,18,19). The van der Waals surface area contributed by atoms with Gasteiger partial charge < -0.3 is 10.1 Å². The molecule has 0 saturated carbocycles. The minimum absolute atomic E-state index is 0.263. The Bertz CT molecular complexity index is 634. The highest BCUT2D eigenvalue weighted by atomic mass is 79.9. The SMILES string of the molecule is Clc1nc(NCCN2CCOCC2)c2cc(Br)ccc2n1. The highest BCUT2D eigenvalue weighted by Crippen LogP contribution is 2.25. The summed E-state index contributed by atoms with van der Waals surface area (Å²) in [4.78, 5) is 10.9. The number of hydrogen-bond donors (Lipinski definition) is 1. The molecule has 1 aliphatic rings. The van der Waals surface area contributed by atoms with Crippen LogP contribution in [0.25, 0.3) is 10.9 Å². The Morgan fingerprint density at radius 1 is 1.29 bits per heavy atom. The highest BCUT2D eigenvalue weighted by Gasteiger charge is 2.11. The molecule has 0 radical (unpaired) electrons. The van der Waals surface area contributed by atoms with E-state index in [2.05, 4.69) is 36.1 Å². The molecule has 2 heterocycles. The summed E-state index contributed by atoms with van der Waals surface area (Å²) in [5.41, 5.74) is 0.840. The molecule has 1 saturated heterocycles. The number of aromatic nitrogens is 2. The van der Waals surface area contributed by atoms with Gasteiger partial charge in [0, 0.05) is 36.0 Å². The maximum atomic E-state index is 5.99. The number of nitrogens with one attached hydrogen (secondary N) is 1. The van der Waals surface area contributed by atoms with Crippen molar-refractivity contribution in [3.05, 3.63) is 28.0 Å². The third-order valence-electron chi connectivity index (χ3n) is 3.45. The minimum atomic E-state index is 0.263. The molecule has 2 aromatic rings. The summed E-state index contributed by atoms with van der Waals surface area (Å²) >= 11 is 9.47. The van der Waals surface area contributed by atoms with Crippen LogP contribution >= 0.6 is 27.5 Å². The predicted molar refractivity (Wildman–Crippen MR) is 88.0 cm³/mol. The van der Waals surface area contributed by atoms with Gasteiger partial charge in [0.25, 0.3) is 0 Å². The van der Waals surface area contributed by atoms with Crippen molar-refractivity contribution in [3.8, 4) is 0 Å². The van der Waals surface area contributed by atoms with Crippen LogP contribution in [0.15, 0.2) is 22.7 Å². The molecule has 1 N–H and O–H groups in total. The Hall–Kier alpha value is -0.950. The van der Waals surface area contributed by atoms with Crippen molar-refractivity contribution in [1.29, 1.82) is 0 Å². The maximum absolute atomic E-state index is 5.99. The molecule has 1 fully saturated rings. The number of nitrogens with zero attached hydrogens (tertiary/aromatic N) is 3. The normalized spacial score (nSPS) is 16.3. The summed E-state index contributed by atoms with van der Waals surface area (Å²) in [7, 11) is 0. The fraction of sp³-hybridized carbons (Fsp3) is 0.429. The molecule has 1 aromatic heterocycles. The molecule has 0 amide bonds. The van der Waals surface area contributed by atoms with Crippen LogP contribution in [0.1, 0.15) is 0 Å². The van der Waals surface area contributed by atoms with Gasteiger partial charge in [0.1, 0.15) is 5.82 Å². The zero-order valence-corrected chi connectivity index (χ0v) is 13.8. The Balaban J connectivity index is 1.71. The lowest BCUT2D eigenvalue weighted by Crippen LogP contribution is -2.39. The number of anilines is 1. The van der Waals surface area contributed by atoms with Crippen molar-refractivity contribution in [2.24, 2.45) is 0 Å². The largest absolute Gasteiger partial charge is 0.379 e. The highest BCUT2D eigenvalue weighted by molar-refractivity contribution is 9.10. The van der Waals surface area contributed by atoms with Crippen LogP contribution in [0, 0.1) is 0 Å². The van der Waals surface area contributed by atoms with Gasteiger partial charge in [0.15, 0.2) is 0 Å². The van der Waals surface area contributed by atoms with Gasteiger partial charge in [-0.05, 0) is 29.8 Å². The number of benzene rings is 1. The van der Waals surface area contributed by atoms with Gasteiger partial charge in [-0.2, -0.15) is 0 Å². The molecule has 1 aromatic carbocycles. The first-order chi connectivity index (χ1) is 10.2. The Labute approximate surface area is 136 Å². The second-order valence-electron chi connectivity index (χ2n) is 4.88. The average molecular weight is 372 g/mol. The molecule has 0 unspecified atom stereocenters. The molecule has 1 aliphatic heterocycles. The fourth-order valence-corrected chi connectivity index (χ4v) is 2.90. The molecular weight excluding hydrogens is 356 g/mol. The first-order valence-electron chi connectivity index (χ1n) is 6.89. The lowest BCUT2D eigenvalue weighted by Gasteiger charge is -2.26. The zero-order chi connectivity index (χ0) is 14.7. The summed E-state index contributed by atoms with van der Waals surface area (Å²) in [6, 6.07) is 5.88. The summed E-state index contributed by atoms with van der Waals surface area (Å²) in [6.07, 6.45) is 0. The quantitative estimate of drug-likeness (QED) is 0.838. The van der Waals surface area contributed by atoms with E-state index in [-0.39, 0.29) is 5.28 Å². The van der Waals surface area contributed by atoms with Crippen molar-refractivity contribution in [2.45, 2.75) is 0 Å². The van der Waals surface area contributed by atoms with Crippen LogP contribution < -0.4 is 5.32 Å². The van der Waals surface area contributed by atoms with Crippen molar-refractivity contribution in [1.82, 2.24) is 14.9 Å². The van der Waals surface area contributed by atoms with Crippen molar-refractivity contribution < 1.29 is 4.74 Å².